The number of benzene rings is 1. The van der Waals surface area contributed by atoms with Crippen molar-refractivity contribution >= 4 is 52.6 Å². The van der Waals surface area contributed by atoms with Crippen molar-refractivity contribution in [2.45, 2.75) is 109 Å². The molecular weight excluding hydrogens is 744 g/mol. The molecule has 1 saturated heterocycles. The van der Waals surface area contributed by atoms with Crippen molar-refractivity contribution in [3.8, 4) is 22.9 Å². The second kappa shape index (κ2) is 15.7. The standard InChI is InChI=1S/C39H53N6O8PS/c1-9-23-19-39(23,54(8,49)50)44-34(46)31-17-26(20-45(31)35(47)33(38(4,5)6)43-37(48)53-24-12-10-11-13-24)52-32-18-29(30-21-55-36(42-30)40-22(2)3)41-28-16-25(51-7)14-15-27(28)32/h9,14-16,18,21-24,26,31,33H,1,10-13,17,19-20H2,2-8H3,(H,40,42)(H,43,48)(H,44,46)(H,49,50)/t23-,26-,31+,33-,39+/m1/s1. The number of nitrogens with zero attached hydrogens (tertiary/aromatic N) is 3. The highest BCUT2D eigenvalue weighted by molar-refractivity contribution is 7.59. The van der Waals surface area contributed by atoms with Crippen LogP contribution in [0.1, 0.15) is 73.1 Å². The smallest absolute Gasteiger partial charge is 0.408 e. The SMILES string of the molecule is C=C[C@@H]1C[C@]1(NC(=O)[C@@H]1C[C@@H](Oc2cc(-c3csc(NC(C)C)n3)nc3cc(OC)ccc23)CN1C(=O)[C@@H](NC(=O)OC1CCCC1)C(C)(C)C)P(C)(=O)O. The van der Waals surface area contributed by atoms with Crippen LogP contribution in [0.15, 0.2) is 42.3 Å². The lowest BCUT2D eigenvalue weighted by atomic mass is 9.85. The van der Waals surface area contributed by atoms with E-state index >= 15 is 0 Å². The number of anilines is 1. The Morgan fingerprint density at radius 1 is 1.13 bits per heavy atom. The zero-order valence-electron chi connectivity index (χ0n) is 32.6. The van der Waals surface area contributed by atoms with Crippen LogP contribution < -0.4 is 25.4 Å². The van der Waals surface area contributed by atoms with Gasteiger partial charge in [-0.3, -0.25) is 14.2 Å². The van der Waals surface area contributed by atoms with Crippen molar-refractivity contribution in [1.82, 2.24) is 25.5 Å². The number of carbonyl (C=O) groups excluding carboxylic acids is 3. The van der Waals surface area contributed by atoms with Crippen molar-refractivity contribution in [1.29, 1.82) is 0 Å². The van der Waals surface area contributed by atoms with Gasteiger partial charge in [0.25, 0.3) is 0 Å². The van der Waals surface area contributed by atoms with Crippen LogP contribution in [0.2, 0.25) is 0 Å². The molecule has 298 valence electrons. The zero-order chi connectivity index (χ0) is 39.9. The first kappa shape index (κ1) is 40.5. The number of ether oxygens (including phenoxy) is 3. The van der Waals surface area contributed by atoms with E-state index in [0.717, 1.165) is 30.8 Å². The number of pyridine rings is 1. The number of nitrogens with one attached hydrogen (secondary N) is 3. The topological polar surface area (TPSA) is 181 Å². The lowest BCUT2D eigenvalue weighted by molar-refractivity contribution is -0.142. The first-order valence-electron chi connectivity index (χ1n) is 18.8. The Labute approximate surface area is 326 Å². The number of rotatable bonds is 13. The first-order valence-corrected chi connectivity index (χ1v) is 21.8. The number of hydrogen-bond donors (Lipinski definition) is 4. The van der Waals surface area contributed by atoms with Crippen LogP contribution in [0.5, 0.6) is 11.5 Å². The highest BCUT2D eigenvalue weighted by Gasteiger charge is 2.64. The van der Waals surface area contributed by atoms with Crippen LogP contribution in [0.3, 0.4) is 0 Å². The third-order valence-electron chi connectivity index (χ3n) is 10.6. The lowest BCUT2D eigenvalue weighted by Crippen LogP contribution is -2.58. The number of thiazole rings is 1. The zero-order valence-corrected chi connectivity index (χ0v) is 34.3. The van der Waals surface area contributed by atoms with Gasteiger partial charge in [-0.25, -0.2) is 14.8 Å². The lowest BCUT2D eigenvalue weighted by Gasteiger charge is -2.35. The molecule has 3 heterocycles. The van der Waals surface area contributed by atoms with Crippen molar-refractivity contribution in [3.05, 3.63) is 42.3 Å². The molecule has 6 atom stereocenters. The quantitative estimate of drug-likeness (QED) is 0.109. The average Bonchev–Trinajstić information content (AvgIpc) is 3.50. The molecule has 3 amide bonds. The predicted molar refractivity (Wildman–Crippen MR) is 213 cm³/mol. The number of likely N-dealkylation sites (tertiary alicyclic amines) is 1. The molecule has 2 saturated carbocycles. The van der Waals surface area contributed by atoms with Crippen LogP contribution in [0.4, 0.5) is 9.93 Å². The fourth-order valence-electron chi connectivity index (χ4n) is 7.49. The molecule has 1 unspecified atom stereocenters. The number of alkyl carbamates (subject to hydrolysis) is 1. The van der Waals surface area contributed by atoms with E-state index in [4.69, 9.17) is 24.2 Å². The molecule has 6 rings (SSSR count). The Morgan fingerprint density at radius 2 is 1.85 bits per heavy atom. The predicted octanol–water partition coefficient (Wildman–Crippen LogP) is 6.54. The fraction of sp³-hybridized carbons (Fsp3) is 0.564. The van der Waals surface area contributed by atoms with E-state index in [1.165, 1.54) is 22.9 Å². The summed E-state index contributed by atoms with van der Waals surface area (Å²) in [6.07, 6.45) is 3.79. The molecule has 1 aromatic carbocycles. The summed E-state index contributed by atoms with van der Waals surface area (Å²) >= 11 is 1.46. The summed E-state index contributed by atoms with van der Waals surface area (Å²) in [4.78, 5) is 63.8. The third kappa shape index (κ3) is 8.79. The fourth-order valence-corrected chi connectivity index (χ4v) is 9.92. The van der Waals surface area contributed by atoms with Gasteiger partial charge in [0.15, 0.2) is 5.13 Å². The Kier molecular flexibility index (Phi) is 11.6. The molecule has 55 heavy (non-hydrogen) atoms. The van der Waals surface area contributed by atoms with E-state index in [-0.39, 0.29) is 31.5 Å². The van der Waals surface area contributed by atoms with E-state index in [1.54, 1.807) is 31.4 Å². The Hall–Kier alpha value is -4.20. The van der Waals surface area contributed by atoms with Crippen molar-refractivity contribution in [2.75, 3.05) is 25.6 Å². The minimum atomic E-state index is -3.83. The monoisotopic (exact) mass is 796 g/mol. The molecule has 1 aliphatic heterocycles. The number of aromatic nitrogens is 2. The maximum Gasteiger partial charge on any atom is 0.408 e. The second-order valence-electron chi connectivity index (χ2n) is 16.3. The number of carbonyl (C=O) groups is 3. The van der Waals surface area contributed by atoms with E-state index in [9.17, 15) is 23.8 Å². The number of fused-ring (bicyclic) bond motifs is 1. The molecule has 2 aliphatic carbocycles. The highest BCUT2D eigenvalue weighted by Crippen LogP contribution is 2.67. The van der Waals surface area contributed by atoms with E-state index in [2.05, 4.69) is 22.5 Å². The highest BCUT2D eigenvalue weighted by atomic mass is 32.1. The molecule has 3 aromatic rings. The molecule has 2 aromatic heterocycles. The number of methoxy groups -OCH3 is 1. The van der Waals surface area contributed by atoms with E-state index in [1.807, 2.05) is 46.1 Å². The summed E-state index contributed by atoms with van der Waals surface area (Å²) in [5, 5.41) is 11.0. The van der Waals surface area contributed by atoms with Gasteiger partial charge in [-0.1, -0.05) is 26.8 Å². The third-order valence-corrected chi connectivity index (χ3v) is 13.5. The molecular formula is C39H53N6O8PS. The normalized spacial score (nSPS) is 24.2. The minimum Gasteiger partial charge on any atom is -0.497 e. The number of hydrogen-bond acceptors (Lipinski definition) is 11. The summed E-state index contributed by atoms with van der Waals surface area (Å²) in [5.74, 6) is -0.400. The summed E-state index contributed by atoms with van der Waals surface area (Å²) in [7, 11) is -2.25. The summed E-state index contributed by atoms with van der Waals surface area (Å²) in [6.45, 7) is 14.6. The van der Waals surface area contributed by atoms with Crippen LogP contribution in [-0.2, 0) is 18.9 Å². The minimum absolute atomic E-state index is 0.00187. The Morgan fingerprint density at radius 3 is 2.47 bits per heavy atom. The summed E-state index contributed by atoms with van der Waals surface area (Å²) < 4.78 is 31.0. The maximum atomic E-state index is 14.6. The van der Waals surface area contributed by atoms with Crippen LogP contribution in [0, 0.1) is 11.3 Å². The van der Waals surface area contributed by atoms with E-state index < -0.39 is 60.1 Å². The molecule has 16 heteroatoms. The summed E-state index contributed by atoms with van der Waals surface area (Å²) in [5.41, 5.74) is 1.04. The molecule has 3 aliphatic rings. The van der Waals surface area contributed by atoms with Gasteiger partial charge in [-0.15, -0.1) is 17.9 Å². The van der Waals surface area contributed by atoms with Gasteiger partial charge in [0.1, 0.15) is 46.8 Å². The molecule has 0 radical (unpaired) electrons. The molecule has 4 N–H and O–H groups in total. The van der Waals surface area contributed by atoms with Gasteiger partial charge in [-0.2, -0.15) is 0 Å². The van der Waals surface area contributed by atoms with Crippen LogP contribution in [-0.4, -0.2) is 93.6 Å². The van der Waals surface area contributed by atoms with Gasteiger partial charge in [0.2, 0.25) is 19.2 Å². The van der Waals surface area contributed by atoms with Crippen molar-refractivity contribution in [2.24, 2.45) is 11.3 Å². The molecule has 0 bridgehead atoms. The largest absolute Gasteiger partial charge is 0.497 e. The average molecular weight is 797 g/mol. The molecule has 14 nitrogen and oxygen atoms in total. The van der Waals surface area contributed by atoms with Gasteiger partial charge < -0.3 is 40.0 Å². The van der Waals surface area contributed by atoms with E-state index in [0.29, 0.717) is 33.8 Å². The first-order chi connectivity index (χ1) is 25.9. The van der Waals surface area contributed by atoms with Gasteiger partial charge in [-0.05, 0) is 63.5 Å². The van der Waals surface area contributed by atoms with Gasteiger partial charge in [0, 0.05) is 47.9 Å². The molecule has 3 fully saturated rings. The van der Waals surface area contributed by atoms with Crippen LogP contribution in [0.25, 0.3) is 22.3 Å². The Balaban J connectivity index is 1.33. The van der Waals surface area contributed by atoms with Gasteiger partial charge >= 0.3 is 6.09 Å². The van der Waals surface area contributed by atoms with Crippen molar-refractivity contribution in [3.63, 3.8) is 0 Å². The number of amides is 3. The van der Waals surface area contributed by atoms with Crippen LogP contribution >= 0.6 is 18.7 Å². The molecule has 0 spiro atoms. The summed E-state index contributed by atoms with van der Waals surface area (Å²) in [6, 6.07) is 5.30. The maximum absolute atomic E-state index is 14.6. The van der Waals surface area contributed by atoms with Gasteiger partial charge in [0.05, 0.1) is 24.9 Å². The second-order valence-corrected chi connectivity index (χ2v) is 19.7. The Bertz CT molecular complexity index is 1990. The van der Waals surface area contributed by atoms with Crippen molar-refractivity contribution < 1.29 is 38.1 Å².